The van der Waals surface area contributed by atoms with Crippen LogP contribution in [0.1, 0.15) is 5.56 Å². The normalized spacial score (nSPS) is 12.5. The molecule has 1 heterocycles. The molecule has 3 heteroatoms. The van der Waals surface area contributed by atoms with Crippen LogP contribution < -0.4 is 10.3 Å². The van der Waals surface area contributed by atoms with E-state index in [9.17, 15) is 0 Å². The molecule has 0 atom stereocenters. The highest BCUT2D eigenvalue weighted by Crippen LogP contribution is 2.35. The van der Waals surface area contributed by atoms with Gasteiger partial charge in [-0.05, 0) is 6.92 Å². The summed E-state index contributed by atoms with van der Waals surface area (Å²) < 4.78 is 0. The molecule has 0 aliphatic carbocycles. The van der Waals surface area contributed by atoms with Crippen molar-refractivity contribution in [3.05, 3.63) is 17.7 Å². The van der Waals surface area contributed by atoms with Crippen LogP contribution in [-0.2, 0) is 0 Å². The van der Waals surface area contributed by atoms with Crippen LogP contribution in [0, 0.1) is 6.92 Å². The van der Waals surface area contributed by atoms with E-state index in [2.05, 4.69) is 5.48 Å². The molecule has 0 aromatic heterocycles. The summed E-state index contributed by atoms with van der Waals surface area (Å²) in [4.78, 5) is 4.98. The molecule has 0 unspecified atom stereocenters. The fourth-order valence-electron chi connectivity index (χ4n) is 0.995. The van der Waals surface area contributed by atoms with E-state index in [1.165, 1.54) is 0 Å². The number of hydrogen-bond acceptors (Lipinski definition) is 3. The lowest BCUT2D eigenvalue weighted by Crippen LogP contribution is -1.94. The van der Waals surface area contributed by atoms with E-state index in [0.29, 0.717) is 5.75 Å². The van der Waals surface area contributed by atoms with Gasteiger partial charge in [-0.15, -0.1) is 0 Å². The van der Waals surface area contributed by atoms with Crippen molar-refractivity contribution in [2.45, 2.75) is 6.92 Å². The largest absolute Gasteiger partial charge is 0.508 e. The van der Waals surface area contributed by atoms with E-state index in [-0.39, 0.29) is 5.75 Å². The lowest BCUT2D eigenvalue weighted by atomic mass is 10.2. The number of nitrogens with one attached hydrogen (secondary N) is 1. The number of rotatable bonds is 0. The van der Waals surface area contributed by atoms with Gasteiger partial charge in [-0.2, -0.15) is 0 Å². The van der Waals surface area contributed by atoms with Crippen molar-refractivity contribution >= 4 is 5.69 Å². The number of phenolic OH excluding ortho intramolecular Hbond substituents is 1. The van der Waals surface area contributed by atoms with E-state index in [1.807, 2.05) is 6.92 Å². The van der Waals surface area contributed by atoms with Gasteiger partial charge in [0.1, 0.15) is 5.75 Å². The third-order valence-corrected chi connectivity index (χ3v) is 1.62. The summed E-state index contributed by atoms with van der Waals surface area (Å²) in [5.41, 5.74) is 4.56. The van der Waals surface area contributed by atoms with Gasteiger partial charge >= 0.3 is 0 Å². The molecule has 0 saturated heterocycles. The van der Waals surface area contributed by atoms with Gasteiger partial charge in [0.05, 0.1) is 5.69 Å². The summed E-state index contributed by atoms with van der Waals surface area (Å²) >= 11 is 0. The third-order valence-electron chi connectivity index (χ3n) is 1.62. The zero-order valence-corrected chi connectivity index (χ0v) is 5.51. The molecule has 0 amide bonds. The number of hydrogen-bond donors (Lipinski definition) is 2. The van der Waals surface area contributed by atoms with E-state index in [0.717, 1.165) is 11.3 Å². The second-order valence-corrected chi connectivity index (χ2v) is 2.32. The van der Waals surface area contributed by atoms with Crippen LogP contribution in [0.25, 0.3) is 0 Å². The number of fused-ring (bicyclic) bond motifs is 2. The Morgan fingerprint density at radius 3 is 3.00 bits per heavy atom. The smallest absolute Gasteiger partial charge is 0.163 e. The molecule has 0 fully saturated rings. The van der Waals surface area contributed by atoms with Gasteiger partial charge < -0.3 is 9.94 Å². The van der Waals surface area contributed by atoms with Crippen LogP contribution >= 0.6 is 0 Å². The summed E-state index contributed by atoms with van der Waals surface area (Å²) in [6.07, 6.45) is 0. The van der Waals surface area contributed by atoms with Gasteiger partial charge in [-0.1, -0.05) is 0 Å². The molecule has 0 spiro atoms. The van der Waals surface area contributed by atoms with Crippen molar-refractivity contribution in [2.75, 3.05) is 5.48 Å². The van der Waals surface area contributed by atoms with Crippen LogP contribution in [0.5, 0.6) is 11.5 Å². The van der Waals surface area contributed by atoms with Gasteiger partial charge in [-0.25, -0.2) is 5.48 Å². The maximum atomic E-state index is 9.04. The summed E-state index contributed by atoms with van der Waals surface area (Å²) in [5.74, 6) is 0.940. The Balaban J connectivity index is 2.69. The maximum Gasteiger partial charge on any atom is 0.163 e. The van der Waals surface area contributed by atoms with Gasteiger partial charge in [0, 0.05) is 17.7 Å². The minimum Gasteiger partial charge on any atom is -0.508 e. The van der Waals surface area contributed by atoms with Crippen molar-refractivity contribution in [3.8, 4) is 11.5 Å². The average molecular weight is 137 g/mol. The van der Waals surface area contributed by atoms with Crippen molar-refractivity contribution < 1.29 is 9.94 Å². The first-order chi connectivity index (χ1) is 4.77. The van der Waals surface area contributed by atoms with E-state index in [4.69, 9.17) is 9.94 Å². The molecule has 1 aliphatic rings. The molecule has 0 saturated carbocycles. The molecular weight excluding hydrogens is 130 g/mol. The second kappa shape index (κ2) is 1.56. The van der Waals surface area contributed by atoms with Gasteiger partial charge in [-0.3, -0.25) is 0 Å². The Kier molecular flexibility index (Phi) is 0.845. The molecule has 2 rings (SSSR count). The number of benzene rings is 1. The zero-order valence-electron chi connectivity index (χ0n) is 5.51. The molecule has 2 N–H and O–H groups in total. The van der Waals surface area contributed by atoms with Crippen LogP contribution in [0.2, 0.25) is 0 Å². The minimum absolute atomic E-state index is 0.237. The highest BCUT2D eigenvalue weighted by atomic mass is 16.7. The second-order valence-electron chi connectivity index (χ2n) is 2.32. The summed E-state index contributed by atoms with van der Waals surface area (Å²) in [5, 5.41) is 9.04. The highest BCUT2D eigenvalue weighted by Gasteiger charge is 2.14. The number of phenols is 1. The van der Waals surface area contributed by atoms with Crippen molar-refractivity contribution in [1.29, 1.82) is 0 Å². The predicted octanol–water partition coefficient (Wildman–Crippen LogP) is 1.42. The maximum absolute atomic E-state index is 9.04. The van der Waals surface area contributed by atoms with Crippen molar-refractivity contribution in [2.24, 2.45) is 0 Å². The standard InChI is InChI=1S/C7H7NO2/c1-4-6-2-5(9)3-7(4)10-8-6/h2-3,8-9H,1H3. The molecule has 1 aromatic carbocycles. The lowest BCUT2D eigenvalue weighted by molar-refractivity contribution is 0.418. The Morgan fingerprint density at radius 2 is 2.30 bits per heavy atom. The summed E-state index contributed by atoms with van der Waals surface area (Å²) in [6, 6.07) is 3.21. The fourth-order valence-corrected chi connectivity index (χ4v) is 0.995. The summed E-state index contributed by atoms with van der Waals surface area (Å²) in [7, 11) is 0. The Bertz CT molecular complexity index is 258. The molecule has 10 heavy (non-hydrogen) atoms. The lowest BCUT2D eigenvalue weighted by Gasteiger charge is -1.92. The molecule has 1 aliphatic heterocycles. The van der Waals surface area contributed by atoms with Gasteiger partial charge in [0.2, 0.25) is 0 Å². The molecule has 1 aromatic rings. The van der Waals surface area contributed by atoms with Crippen molar-refractivity contribution in [3.63, 3.8) is 0 Å². The Morgan fingerprint density at radius 1 is 1.50 bits per heavy atom. The highest BCUT2D eigenvalue weighted by molar-refractivity contribution is 5.63. The summed E-state index contributed by atoms with van der Waals surface area (Å²) in [6.45, 7) is 1.93. The van der Waals surface area contributed by atoms with Crippen LogP contribution in [0.3, 0.4) is 0 Å². The van der Waals surface area contributed by atoms with E-state index in [1.54, 1.807) is 12.1 Å². The van der Waals surface area contributed by atoms with Crippen LogP contribution in [0.15, 0.2) is 12.1 Å². The van der Waals surface area contributed by atoms with E-state index >= 15 is 0 Å². The minimum atomic E-state index is 0.237. The molecular formula is C7H7NO2. The quantitative estimate of drug-likeness (QED) is 0.568. The van der Waals surface area contributed by atoms with Gasteiger partial charge in [0.15, 0.2) is 5.75 Å². The fraction of sp³-hybridized carbons (Fsp3) is 0.143. The van der Waals surface area contributed by atoms with E-state index < -0.39 is 0 Å². The topological polar surface area (TPSA) is 41.5 Å². The number of anilines is 1. The van der Waals surface area contributed by atoms with Crippen LogP contribution in [-0.4, -0.2) is 5.11 Å². The molecule has 3 nitrogen and oxygen atoms in total. The SMILES string of the molecule is Cc1c2cc(O)cc1ON2. The first-order valence-corrected chi connectivity index (χ1v) is 3.04. The number of aromatic hydroxyl groups is 1. The Labute approximate surface area is 58.2 Å². The van der Waals surface area contributed by atoms with Crippen molar-refractivity contribution in [1.82, 2.24) is 0 Å². The van der Waals surface area contributed by atoms with Gasteiger partial charge in [0.25, 0.3) is 0 Å². The molecule has 52 valence electrons. The Hall–Kier alpha value is -1.38. The molecule has 0 radical (unpaired) electrons. The first kappa shape index (κ1) is 5.41. The molecule has 2 bridgehead atoms. The zero-order chi connectivity index (χ0) is 7.14. The average Bonchev–Trinajstić information content (AvgIpc) is 2.20. The predicted molar refractivity (Wildman–Crippen MR) is 37.1 cm³/mol. The third kappa shape index (κ3) is 0.543. The monoisotopic (exact) mass is 137 g/mol. The van der Waals surface area contributed by atoms with Crippen LogP contribution in [0.4, 0.5) is 5.69 Å². The first-order valence-electron chi connectivity index (χ1n) is 3.04.